The normalized spacial score (nSPS) is 16.1. The number of halogens is 2. The molecule has 1 aromatic heterocycles. The highest BCUT2D eigenvalue weighted by atomic mass is 35.5. The fraction of sp³-hybridized carbons (Fsp3) is 0.190. The predicted molar refractivity (Wildman–Crippen MR) is 117 cm³/mol. The highest BCUT2D eigenvalue weighted by Gasteiger charge is 2.35. The minimum Gasteiger partial charge on any atom is -0.326 e. The van der Waals surface area contributed by atoms with Crippen LogP contribution in [-0.2, 0) is 4.79 Å². The topological polar surface area (TPSA) is 62.3 Å². The van der Waals surface area contributed by atoms with E-state index >= 15 is 0 Å². The summed E-state index contributed by atoms with van der Waals surface area (Å²) < 4.78 is 0. The van der Waals surface area contributed by atoms with Crippen molar-refractivity contribution in [1.82, 2.24) is 9.88 Å². The first-order valence-corrected chi connectivity index (χ1v) is 10.7. The van der Waals surface area contributed by atoms with Gasteiger partial charge in [-0.15, -0.1) is 11.3 Å². The number of amides is 2. The molecule has 29 heavy (non-hydrogen) atoms. The van der Waals surface area contributed by atoms with Crippen LogP contribution in [0.2, 0.25) is 10.0 Å². The van der Waals surface area contributed by atoms with Gasteiger partial charge in [0.1, 0.15) is 15.9 Å². The van der Waals surface area contributed by atoms with E-state index in [4.69, 9.17) is 23.2 Å². The molecule has 1 N–H and O–H groups in total. The first-order chi connectivity index (χ1) is 14.0. The quantitative estimate of drug-likeness (QED) is 0.587. The van der Waals surface area contributed by atoms with E-state index in [0.29, 0.717) is 33.6 Å². The first-order valence-electron chi connectivity index (χ1n) is 9.11. The van der Waals surface area contributed by atoms with Crippen LogP contribution in [0.15, 0.2) is 54.7 Å². The van der Waals surface area contributed by atoms with Crippen LogP contribution in [0.3, 0.4) is 0 Å². The van der Waals surface area contributed by atoms with E-state index < -0.39 is 6.04 Å². The number of nitrogens with zero attached hydrogens (tertiary/aromatic N) is 2. The van der Waals surface area contributed by atoms with Gasteiger partial charge >= 0.3 is 0 Å². The number of aromatic nitrogens is 1. The molecule has 0 radical (unpaired) electrons. The number of hydrogen-bond acceptors (Lipinski definition) is 4. The van der Waals surface area contributed by atoms with E-state index in [-0.39, 0.29) is 11.8 Å². The summed E-state index contributed by atoms with van der Waals surface area (Å²) in [5.41, 5.74) is 1.40. The lowest BCUT2D eigenvalue weighted by atomic mass is 10.2. The van der Waals surface area contributed by atoms with Gasteiger partial charge in [0.15, 0.2) is 0 Å². The standard InChI is InChI=1S/C21H17Cl2N3O2S/c22-14-8-9-15(23)16(11-14)25-19(27)17-7-4-10-26(17)21(28)18-12-24-20(29-18)13-5-2-1-3-6-13/h1-3,5-6,8-9,11-12,17H,4,7,10H2,(H,25,27). The van der Waals surface area contributed by atoms with E-state index in [1.165, 1.54) is 11.3 Å². The summed E-state index contributed by atoms with van der Waals surface area (Å²) in [7, 11) is 0. The third-order valence-corrected chi connectivity index (χ3v) is 6.34. The number of hydrogen-bond donors (Lipinski definition) is 1. The second kappa shape index (κ2) is 8.53. The molecule has 2 aromatic carbocycles. The molecule has 1 aliphatic heterocycles. The van der Waals surface area contributed by atoms with Gasteiger partial charge in [0.2, 0.25) is 5.91 Å². The molecule has 1 fully saturated rings. The largest absolute Gasteiger partial charge is 0.326 e. The third kappa shape index (κ3) is 4.29. The first kappa shape index (κ1) is 19.9. The summed E-state index contributed by atoms with van der Waals surface area (Å²) in [6.07, 6.45) is 2.94. The fourth-order valence-corrected chi connectivity index (χ4v) is 4.53. The Morgan fingerprint density at radius 1 is 1.14 bits per heavy atom. The van der Waals surface area contributed by atoms with E-state index in [0.717, 1.165) is 17.0 Å². The zero-order valence-corrected chi connectivity index (χ0v) is 17.6. The number of benzene rings is 2. The Morgan fingerprint density at radius 2 is 1.93 bits per heavy atom. The van der Waals surface area contributed by atoms with Crippen LogP contribution < -0.4 is 5.32 Å². The molecule has 0 saturated carbocycles. The zero-order valence-electron chi connectivity index (χ0n) is 15.3. The Balaban J connectivity index is 1.51. The molecule has 2 heterocycles. The lowest BCUT2D eigenvalue weighted by Gasteiger charge is -2.23. The van der Waals surface area contributed by atoms with Crippen molar-refractivity contribution < 1.29 is 9.59 Å². The van der Waals surface area contributed by atoms with Gasteiger partial charge < -0.3 is 10.2 Å². The van der Waals surface area contributed by atoms with Crippen molar-refractivity contribution in [1.29, 1.82) is 0 Å². The number of carbonyl (C=O) groups excluding carboxylic acids is 2. The average Bonchev–Trinajstić information content (AvgIpc) is 3.41. The highest BCUT2D eigenvalue weighted by molar-refractivity contribution is 7.16. The van der Waals surface area contributed by atoms with Crippen LogP contribution in [0.25, 0.3) is 10.6 Å². The van der Waals surface area contributed by atoms with Gasteiger partial charge in [-0.05, 0) is 31.0 Å². The van der Waals surface area contributed by atoms with Gasteiger partial charge in [-0.1, -0.05) is 53.5 Å². The van der Waals surface area contributed by atoms with Crippen LogP contribution in [-0.4, -0.2) is 34.3 Å². The van der Waals surface area contributed by atoms with Crippen molar-refractivity contribution >= 4 is 52.0 Å². The van der Waals surface area contributed by atoms with E-state index in [9.17, 15) is 9.59 Å². The van der Waals surface area contributed by atoms with Crippen LogP contribution in [0, 0.1) is 0 Å². The van der Waals surface area contributed by atoms with Gasteiger partial charge in [0.05, 0.1) is 16.9 Å². The molecule has 0 bridgehead atoms. The molecule has 1 unspecified atom stereocenters. The van der Waals surface area contributed by atoms with Crippen molar-refractivity contribution in [2.24, 2.45) is 0 Å². The number of thiazole rings is 1. The lowest BCUT2D eigenvalue weighted by molar-refractivity contribution is -0.119. The molecule has 148 valence electrons. The van der Waals surface area contributed by atoms with Gasteiger partial charge in [0, 0.05) is 17.1 Å². The average molecular weight is 446 g/mol. The SMILES string of the molecule is O=C(Nc1cc(Cl)ccc1Cl)C1CCCN1C(=O)c1cnc(-c2ccccc2)s1. The summed E-state index contributed by atoms with van der Waals surface area (Å²) in [6.45, 7) is 0.527. The molecule has 8 heteroatoms. The maximum atomic E-state index is 13.0. The van der Waals surface area contributed by atoms with Crippen LogP contribution in [0.5, 0.6) is 0 Å². The van der Waals surface area contributed by atoms with E-state index in [2.05, 4.69) is 10.3 Å². The van der Waals surface area contributed by atoms with Gasteiger partial charge in [0.25, 0.3) is 5.91 Å². The van der Waals surface area contributed by atoms with E-state index in [1.807, 2.05) is 30.3 Å². The monoisotopic (exact) mass is 445 g/mol. The fourth-order valence-electron chi connectivity index (χ4n) is 3.32. The number of carbonyl (C=O) groups is 2. The van der Waals surface area contributed by atoms with Crippen molar-refractivity contribution in [3.05, 3.63) is 69.7 Å². The summed E-state index contributed by atoms with van der Waals surface area (Å²) in [5.74, 6) is -0.452. The lowest BCUT2D eigenvalue weighted by Crippen LogP contribution is -2.43. The van der Waals surface area contributed by atoms with Crippen molar-refractivity contribution in [2.75, 3.05) is 11.9 Å². The molecule has 1 saturated heterocycles. The Hall–Kier alpha value is -2.41. The molecule has 2 amide bonds. The molecule has 4 rings (SSSR count). The molecular formula is C21H17Cl2N3O2S. The van der Waals surface area contributed by atoms with Crippen LogP contribution in [0.1, 0.15) is 22.5 Å². The number of anilines is 1. The Labute approximate surface area is 182 Å². The molecule has 3 aromatic rings. The van der Waals surface area contributed by atoms with Crippen LogP contribution in [0.4, 0.5) is 5.69 Å². The number of nitrogens with one attached hydrogen (secondary N) is 1. The molecule has 5 nitrogen and oxygen atoms in total. The van der Waals surface area contributed by atoms with Gasteiger partial charge in [-0.3, -0.25) is 9.59 Å². The second-order valence-electron chi connectivity index (χ2n) is 6.67. The van der Waals surface area contributed by atoms with Crippen molar-refractivity contribution in [3.63, 3.8) is 0 Å². The Bertz CT molecular complexity index is 1060. The van der Waals surface area contributed by atoms with E-state index in [1.54, 1.807) is 29.3 Å². The Kier molecular flexibility index (Phi) is 5.85. The molecular weight excluding hydrogens is 429 g/mol. The van der Waals surface area contributed by atoms with Crippen molar-refractivity contribution in [3.8, 4) is 10.6 Å². The Morgan fingerprint density at radius 3 is 2.72 bits per heavy atom. The zero-order chi connectivity index (χ0) is 20.4. The molecule has 0 aliphatic carbocycles. The maximum Gasteiger partial charge on any atom is 0.266 e. The predicted octanol–water partition coefficient (Wildman–Crippen LogP) is 5.36. The summed E-state index contributed by atoms with van der Waals surface area (Å²) in [6, 6.07) is 14.0. The third-order valence-electron chi connectivity index (χ3n) is 4.74. The second-order valence-corrected chi connectivity index (χ2v) is 8.54. The van der Waals surface area contributed by atoms with Crippen LogP contribution >= 0.6 is 34.5 Å². The molecule has 1 aliphatic rings. The molecule has 0 spiro atoms. The highest BCUT2D eigenvalue weighted by Crippen LogP contribution is 2.30. The van der Waals surface area contributed by atoms with Gasteiger partial charge in [-0.25, -0.2) is 4.98 Å². The smallest absolute Gasteiger partial charge is 0.266 e. The minimum atomic E-state index is -0.556. The summed E-state index contributed by atoms with van der Waals surface area (Å²) in [4.78, 5) is 32.4. The molecule has 1 atom stereocenters. The summed E-state index contributed by atoms with van der Waals surface area (Å²) >= 11 is 13.5. The summed E-state index contributed by atoms with van der Waals surface area (Å²) in [5, 5.41) is 4.45. The van der Waals surface area contributed by atoms with Gasteiger partial charge in [-0.2, -0.15) is 0 Å². The van der Waals surface area contributed by atoms with Crippen molar-refractivity contribution in [2.45, 2.75) is 18.9 Å². The maximum absolute atomic E-state index is 13.0. The number of rotatable bonds is 4. The number of likely N-dealkylation sites (tertiary alicyclic amines) is 1. The minimum absolute atomic E-state index is 0.181.